The summed E-state index contributed by atoms with van der Waals surface area (Å²) in [7, 11) is 0. The molecule has 0 rings (SSSR count). The average Bonchev–Trinajstić information content (AvgIpc) is 3.12. The van der Waals surface area contributed by atoms with E-state index in [1.165, 1.54) is 141 Å². The number of hydrogen-bond acceptors (Lipinski definition) is 6. The summed E-state index contributed by atoms with van der Waals surface area (Å²) in [6, 6.07) is 0. The van der Waals surface area contributed by atoms with Gasteiger partial charge in [0, 0.05) is 19.3 Å². The van der Waals surface area contributed by atoms with Gasteiger partial charge >= 0.3 is 17.9 Å². The highest BCUT2D eigenvalue weighted by Crippen LogP contribution is 2.16. The van der Waals surface area contributed by atoms with E-state index < -0.39 is 6.10 Å². The largest absolute Gasteiger partial charge is 0.462 e. The molecule has 0 bridgehead atoms. The Morgan fingerprint density at radius 1 is 0.365 bits per heavy atom. The van der Waals surface area contributed by atoms with Crippen LogP contribution in [-0.2, 0) is 28.6 Å². The van der Waals surface area contributed by atoms with Crippen molar-refractivity contribution in [2.24, 2.45) is 5.92 Å². The molecule has 52 heavy (non-hydrogen) atoms. The highest BCUT2D eigenvalue weighted by Gasteiger charge is 2.19. The quantitative estimate of drug-likeness (QED) is 0.0353. The first-order chi connectivity index (χ1) is 25.4. The standard InChI is InChI=1S/C46H88O6/c1-5-7-9-11-12-13-19-24-27-31-35-39-46(49)52-43(40-50-44(47)37-33-28-10-8-6-2)41-51-45(48)38-34-30-26-23-21-18-16-14-15-17-20-22-25-29-32-36-42(3)4/h42-43H,5-41H2,1-4H3/t43-/m1/s1. The van der Waals surface area contributed by atoms with Crippen molar-refractivity contribution < 1.29 is 28.6 Å². The SMILES string of the molecule is CCCCCCCCCCCCCC(=O)O[C@H](COC(=O)CCCCCCC)COC(=O)CCCCCCCCCCCCCCCCCC(C)C. The molecule has 0 saturated carbocycles. The van der Waals surface area contributed by atoms with Gasteiger partial charge in [-0.2, -0.15) is 0 Å². The van der Waals surface area contributed by atoms with E-state index in [4.69, 9.17) is 14.2 Å². The molecular weight excluding hydrogens is 648 g/mol. The van der Waals surface area contributed by atoms with E-state index in [0.29, 0.717) is 19.3 Å². The van der Waals surface area contributed by atoms with E-state index in [2.05, 4.69) is 27.7 Å². The molecule has 0 amide bonds. The molecule has 0 unspecified atom stereocenters. The Morgan fingerprint density at radius 2 is 0.635 bits per heavy atom. The first-order valence-corrected chi connectivity index (χ1v) is 22.9. The number of hydrogen-bond donors (Lipinski definition) is 0. The molecule has 0 spiro atoms. The van der Waals surface area contributed by atoms with E-state index in [-0.39, 0.29) is 31.1 Å². The lowest BCUT2D eigenvalue weighted by Crippen LogP contribution is -2.30. The highest BCUT2D eigenvalue weighted by molar-refractivity contribution is 5.71. The van der Waals surface area contributed by atoms with Gasteiger partial charge in [-0.3, -0.25) is 14.4 Å². The van der Waals surface area contributed by atoms with Crippen molar-refractivity contribution in [3.8, 4) is 0 Å². The summed E-state index contributed by atoms with van der Waals surface area (Å²) < 4.78 is 16.6. The Hall–Kier alpha value is -1.59. The maximum absolute atomic E-state index is 12.6. The van der Waals surface area contributed by atoms with Crippen LogP contribution in [0.25, 0.3) is 0 Å². The maximum Gasteiger partial charge on any atom is 0.306 e. The number of ether oxygens (including phenoxy) is 3. The van der Waals surface area contributed by atoms with Crippen LogP contribution in [0, 0.1) is 5.92 Å². The molecule has 0 aliphatic rings. The third-order valence-corrected chi connectivity index (χ3v) is 10.3. The van der Waals surface area contributed by atoms with Crippen LogP contribution in [0.15, 0.2) is 0 Å². The Labute approximate surface area is 323 Å². The zero-order chi connectivity index (χ0) is 38.2. The molecule has 0 saturated heterocycles. The second-order valence-electron chi connectivity index (χ2n) is 16.2. The summed E-state index contributed by atoms with van der Waals surface area (Å²) in [6.45, 7) is 8.93. The number of rotatable bonds is 41. The lowest BCUT2D eigenvalue weighted by Gasteiger charge is -2.18. The van der Waals surface area contributed by atoms with Crippen LogP contribution in [0.3, 0.4) is 0 Å². The molecule has 0 aromatic heterocycles. The summed E-state index contributed by atoms with van der Waals surface area (Å²) in [6.07, 6.45) is 39.7. The lowest BCUT2D eigenvalue weighted by atomic mass is 10.0. The minimum Gasteiger partial charge on any atom is -0.462 e. The van der Waals surface area contributed by atoms with Gasteiger partial charge in [0.2, 0.25) is 0 Å². The Morgan fingerprint density at radius 3 is 0.942 bits per heavy atom. The van der Waals surface area contributed by atoms with Crippen molar-refractivity contribution in [2.75, 3.05) is 13.2 Å². The van der Waals surface area contributed by atoms with Gasteiger partial charge in [-0.25, -0.2) is 0 Å². The summed E-state index contributed by atoms with van der Waals surface area (Å²) in [4.78, 5) is 37.4. The molecule has 0 N–H and O–H groups in total. The topological polar surface area (TPSA) is 78.9 Å². The molecule has 0 aromatic carbocycles. The van der Waals surface area contributed by atoms with Crippen molar-refractivity contribution in [1.29, 1.82) is 0 Å². The van der Waals surface area contributed by atoms with Crippen LogP contribution in [0.5, 0.6) is 0 Å². The average molecular weight is 737 g/mol. The molecular formula is C46H88O6. The summed E-state index contributed by atoms with van der Waals surface area (Å²) in [5.74, 6) is -0.0191. The van der Waals surface area contributed by atoms with Crippen LogP contribution >= 0.6 is 0 Å². The van der Waals surface area contributed by atoms with Crippen LogP contribution < -0.4 is 0 Å². The molecule has 6 heteroatoms. The molecule has 0 radical (unpaired) electrons. The van der Waals surface area contributed by atoms with E-state index in [1.54, 1.807) is 0 Å². The van der Waals surface area contributed by atoms with E-state index in [9.17, 15) is 14.4 Å². The molecule has 1 atom stereocenters. The van der Waals surface area contributed by atoms with Crippen LogP contribution in [0.2, 0.25) is 0 Å². The molecule has 308 valence electrons. The molecule has 6 nitrogen and oxygen atoms in total. The third-order valence-electron chi connectivity index (χ3n) is 10.3. The second-order valence-corrected chi connectivity index (χ2v) is 16.2. The Bertz CT molecular complexity index is 781. The van der Waals surface area contributed by atoms with Crippen LogP contribution in [0.1, 0.15) is 252 Å². The fourth-order valence-corrected chi connectivity index (χ4v) is 6.80. The van der Waals surface area contributed by atoms with Gasteiger partial charge in [0.1, 0.15) is 13.2 Å². The summed E-state index contributed by atoms with van der Waals surface area (Å²) >= 11 is 0. The van der Waals surface area contributed by atoms with E-state index in [1.807, 2.05) is 0 Å². The molecule has 0 aliphatic heterocycles. The zero-order valence-corrected chi connectivity index (χ0v) is 35.3. The van der Waals surface area contributed by atoms with Crippen molar-refractivity contribution in [2.45, 2.75) is 259 Å². The number of carbonyl (C=O) groups is 3. The van der Waals surface area contributed by atoms with Gasteiger partial charge in [-0.15, -0.1) is 0 Å². The highest BCUT2D eigenvalue weighted by atomic mass is 16.6. The van der Waals surface area contributed by atoms with Crippen molar-refractivity contribution in [3.05, 3.63) is 0 Å². The summed E-state index contributed by atoms with van der Waals surface area (Å²) in [5, 5.41) is 0. The van der Waals surface area contributed by atoms with E-state index >= 15 is 0 Å². The normalized spacial score (nSPS) is 11.9. The fourth-order valence-electron chi connectivity index (χ4n) is 6.80. The monoisotopic (exact) mass is 737 g/mol. The van der Waals surface area contributed by atoms with Gasteiger partial charge < -0.3 is 14.2 Å². The Balaban J connectivity index is 4.12. The first-order valence-electron chi connectivity index (χ1n) is 22.9. The van der Waals surface area contributed by atoms with Gasteiger partial charge in [-0.05, 0) is 25.2 Å². The van der Waals surface area contributed by atoms with Crippen LogP contribution in [-0.4, -0.2) is 37.2 Å². The molecule has 0 fully saturated rings. The lowest BCUT2D eigenvalue weighted by molar-refractivity contribution is -0.167. The zero-order valence-electron chi connectivity index (χ0n) is 35.3. The van der Waals surface area contributed by atoms with Crippen molar-refractivity contribution in [1.82, 2.24) is 0 Å². The van der Waals surface area contributed by atoms with Gasteiger partial charge in [0.25, 0.3) is 0 Å². The molecule has 0 aliphatic carbocycles. The predicted molar refractivity (Wildman–Crippen MR) is 220 cm³/mol. The van der Waals surface area contributed by atoms with E-state index in [0.717, 1.165) is 70.1 Å². The number of esters is 3. The minimum atomic E-state index is -0.757. The smallest absolute Gasteiger partial charge is 0.306 e. The summed E-state index contributed by atoms with van der Waals surface area (Å²) in [5.41, 5.74) is 0. The third kappa shape index (κ3) is 39.6. The first kappa shape index (κ1) is 50.4. The second kappa shape index (κ2) is 40.6. The minimum absolute atomic E-state index is 0.0646. The molecule has 0 aromatic rings. The molecule has 0 heterocycles. The van der Waals surface area contributed by atoms with Crippen LogP contribution in [0.4, 0.5) is 0 Å². The van der Waals surface area contributed by atoms with Gasteiger partial charge in [0.15, 0.2) is 6.10 Å². The maximum atomic E-state index is 12.6. The Kier molecular flexibility index (Phi) is 39.4. The van der Waals surface area contributed by atoms with Gasteiger partial charge in [-0.1, -0.05) is 214 Å². The van der Waals surface area contributed by atoms with Gasteiger partial charge in [0.05, 0.1) is 0 Å². The fraction of sp³-hybridized carbons (Fsp3) is 0.935. The predicted octanol–water partition coefficient (Wildman–Crippen LogP) is 14.3. The number of carbonyl (C=O) groups excluding carboxylic acids is 3. The number of unbranched alkanes of at least 4 members (excludes halogenated alkanes) is 28. The van der Waals surface area contributed by atoms with Crippen molar-refractivity contribution in [3.63, 3.8) is 0 Å². The van der Waals surface area contributed by atoms with Crippen molar-refractivity contribution >= 4 is 17.9 Å².